The lowest BCUT2D eigenvalue weighted by molar-refractivity contribution is -0.122. The Kier molecular flexibility index (Phi) is 6.83. The molecule has 3 aromatic rings. The number of carbonyl (C=O) groups is 2. The Morgan fingerprint density at radius 2 is 1.96 bits per heavy atom. The quantitative estimate of drug-likeness (QED) is 0.552. The first-order chi connectivity index (χ1) is 13.6. The van der Waals surface area contributed by atoms with Crippen LogP contribution in [-0.4, -0.2) is 38.9 Å². The van der Waals surface area contributed by atoms with Crippen molar-refractivity contribution in [3.8, 4) is 10.7 Å². The Morgan fingerprint density at radius 1 is 1.14 bits per heavy atom. The fourth-order valence-electron chi connectivity index (χ4n) is 2.57. The zero-order valence-corrected chi connectivity index (χ0v) is 17.3. The summed E-state index contributed by atoms with van der Waals surface area (Å²) in [6.45, 7) is 1.96. The van der Waals surface area contributed by atoms with Crippen LogP contribution in [0.1, 0.15) is 12.5 Å². The fraction of sp³-hybridized carbons (Fsp3) is 0.263. The number of carbonyl (C=O) groups excluding carboxylic acids is 2. The van der Waals surface area contributed by atoms with Gasteiger partial charge in [0.25, 0.3) is 0 Å². The Morgan fingerprint density at radius 3 is 2.71 bits per heavy atom. The maximum Gasteiger partial charge on any atom is 0.243 e. The number of amides is 2. The van der Waals surface area contributed by atoms with Crippen molar-refractivity contribution in [2.75, 3.05) is 17.6 Å². The van der Waals surface area contributed by atoms with Crippen LogP contribution in [0.4, 0.5) is 5.69 Å². The van der Waals surface area contributed by atoms with E-state index in [1.165, 1.54) is 11.8 Å². The van der Waals surface area contributed by atoms with Gasteiger partial charge in [-0.2, -0.15) is 0 Å². The van der Waals surface area contributed by atoms with E-state index in [-0.39, 0.29) is 24.1 Å². The van der Waals surface area contributed by atoms with E-state index in [1.807, 2.05) is 60.3 Å². The molecule has 0 aliphatic carbocycles. The van der Waals surface area contributed by atoms with E-state index in [0.717, 1.165) is 28.4 Å². The summed E-state index contributed by atoms with van der Waals surface area (Å²) in [5, 5.41) is 16.4. The molecule has 0 fully saturated rings. The molecule has 0 atom stereocenters. The topological polar surface area (TPSA) is 88.9 Å². The lowest BCUT2D eigenvalue weighted by Gasteiger charge is -2.10. The fourth-order valence-corrected chi connectivity index (χ4v) is 4.05. The molecule has 0 saturated heterocycles. The third-order valence-electron chi connectivity index (χ3n) is 4.03. The van der Waals surface area contributed by atoms with Crippen molar-refractivity contribution in [3.63, 3.8) is 0 Å². The van der Waals surface area contributed by atoms with Crippen LogP contribution >= 0.6 is 23.1 Å². The van der Waals surface area contributed by atoms with Crippen LogP contribution in [0.2, 0.25) is 0 Å². The molecule has 0 saturated carbocycles. The molecule has 28 heavy (non-hydrogen) atoms. The molecule has 0 aliphatic rings. The van der Waals surface area contributed by atoms with Crippen LogP contribution in [0.15, 0.2) is 46.9 Å². The molecule has 2 heterocycles. The normalized spacial score (nSPS) is 10.6. The van der Waals surface area contributed by atoms with Crippen LogP contribution in [-0.2, 0) is 23.1 Å². The van der Waals surface area contributed by atoms with Crippen LogP contribution in [0.3, 0.4) is 0 Å². The second-order valence-corrected chi connectivity index (χ2v) is 7.86. The summed E-state index contributed by atoms with van der Waals surface area (Å²) in [4.78, 5) is 25.2. The number of benzene rings is 1. The Bertz CT molecular complexity index is 953. The minimum Gasteiger partial charge on any atom is -0.346 e. The van der Waals surface area contributed by atoms with E-state index < -0.39 is 0 Å². The molecule has 2 amide bonds. The summed E-state index contributed by atoms with van der Waals surface area (Å²) in [5.74, 6) is 0.448. The highest BCUT2D eigenvalue weighted by atomic mass is 32.2. The summed E-state index contributed by atoms with van der Waals surface area (Å²) in [5.41, 5.74) is 1.83. The average Bonchev–Trinajstić information content (AvgIpc) is 3.35. The van der Waals surface area contributed by atoms with E-state index in [9.17, 15) is 9.59 Å². The maximum atomic E-state index is 12.1. The van der Waals surface area contributed by atoms with Gasteiger partial charge in [-0.25, -0.2) is 0 Å². The van der Waals surface area contributed by atoms with Gasteiger partial charge in [-0.15, -0.1) is 21.5 Å². The van der Waals surface area contributed by atoms with Gasteiger partial charge in [0, 0.05) is 12.7 Å². The molecule has 7 nitrogen and oxygen atoms in total. The number of hydrogen-bond acceptors (Lipinski definition) is 6. The maximum absolute atomic E-state index is 12.1. The number of aromatic nitrogens is 3. The number of thioether (sulfide) groups is 1. The molecule has 9 heteroatoms. The predicted octanol–water partition coefficient (Wildman–Crippen LogP) is 2.95. The number of para-hydroxylation sites is 1. The Balaban J connectivity index is 1.47. The average molecular weight is 416 g/mol. The number of nitrogens with zero attached hydrogens (tertiary/aromatic N) is 3. The lowest BCUT2D eigenvalue weighted by atomic mass is 10.1. The highest BCUT2D eigenvalue weighted by molar-refractivity contribution is 7.99. The van der Waals surface area contributed by atoms with Crippen LogP contribution in [0, 0.1) is 0 Å². The summed E-state index contributed by atoms with van der Waals surface area (Å²) >= 11 is 2.87. The van der Waals surface area contributed by atoms with E-state index in [0.29, 0.717) is 5.16 Å². The minimum atomic E-state index is -0.252. The third kappa shape index (κ3) is 4.99. The number of nitrogens with one attached hydrogen (secondary N) is 2. The molecule has 3 rings (SSSR count). The van der Waals surface area contributed by atoms with Crippen molar-refractivity contribution < 1.29 is 9.59 Å². The summed E-state index contributed by atoms with van der Waals surface area (Å²) in [7, 11) is 1.87. The van der Waals surface area contributed by atoms with Crippen LogP contribution < -0.4 is 10.6 Å². The zero-order valence-electron chi connectivity index (χ0n) is 15.6. The smallest absolute Gasteiger partial charge is 0.243 e. The first-order valence-corrected chi connectivity index (χ1v) is 10.7. The summed E-state index contributed by atoms with van der Waals surface area (Å²) < 4.78 is 1.86. The van der Waals surface area contributed by atoms with Gasteiger partial charge in [0.15, 0.2) is 11.0 Å². The van der Waals surface area contributed by atoms with Gasteiger partial charge in [0.05, 0.1) is 17.2 Å². The van der Waals surface area contributed by atoms with Crippen molar-refractivity contribution in [2.45, 2.75) is 18.5 Å². The molecular formula is C19H21N5O2S2. The van der Waals surface area contributed by atoms with Crippen LogP contribution in [0.5, 0.6) is 0 Å². The third-order valence-corrected chi connectivity index (χ3v) is 5.91. The molecule has 2 N–H and O–H groups in total. The molecule has 146 valence electrons. The summed E-state index contributed by atoms with van der Waals surface area (Å²) in [6.07, 6.45) is 0.824. The molecule has 0 bridgehead atoms. The minimum absolute atomic E-state index is 0.0727. The van der Waals surface area contributed by atoms with Crippen molar-refractivity contribution in [2.24, 2.45) is 7.05 Å². The van der Waals surface area contributed by atoms with Gasteiger partial charge >= 0.3 is 0 Å². The molecule has 1 aromatic carbocycles. The lowest BCUT2D eigenvalue weighted by Crippen LogP contribution is -2.34. The van der Waals surface area contributed by atoms with Gasteiger partial charge in [-0.05, 0) is 29.5 Å². The second-order valence-electron chi connectivity index (χ2n) is 5.97. The first-order valence-electron chi connectivity index (χ1n) is 8.79. The van der Waals surface area contributed by atoms with Crippen molar-refractivity contribution in [3.05, 3.63) is 47.3 Å². The van der Waals surface area contributed by atoms with Gasteiger partial charge in [0.2, 0.25) is 11.8 Å². The van der Waals surface area contributed by atoms with E-state index in [1.54, 1.807) is 11.3 Å². The molecule has 2 aromatic heterocycles. The van der Waals surface area contributed by atoms with E-state index >= 15 is 0 Å². The molecule has 0 aliphatic heterocycles. The number of rotatable bonds is 8. The largest absolute Gasteiger partial charge is 0.346 e. The zero-order chi connectivity index (χ0) is 19.9. The van der Waals surface area contributed by atoms with Crippen molar-refractivity contribution in [1.82, 2.24) is 20.1 Å². The summed E-state index contributed by atoms with van der Waals surface area (Å²) in [6, 6.07) is 11.6. The van der Waals surface area contributed by atoms with Gasteiger partial charge in [-0.3, -0.25) is 9.59 Å². The molecule has 0 radical (unpaired) electrons. The standard InChI is InChI=1S/C19H21N5O2S2/c1-3-13-7-4-5-8-14(13)21-16(25)11-20-17(26)12-28-19-23-22-18(24(19)2)15-9-6-10-27-15/h4-10H,3,11-12H2,1-2H3,(H,20,26)(H,21,25). The van der Waals surface area contributed by atoms with Crippen LogP contribution in [0.25, 0.3) is 10.7 Å². The predicted molar refractivity (Wildman–Crippen MR) is 112 cm³/mol. The van der Waals surface area contributed by atoms with E-state index in [4.69, 9.17) is 0 Å². The number of anilines is 1. The number of hydrogen-bond donors (Lipinski definition) is 2. The second kappa shape index (κ2) is 9.52. The van der Waals surface area contributed by atoms with Gasteiger partial charge in [-0.1, -0.05) is 43.0 Å². The monoisotopic (exact) mass is 415 g/mol. The first kappa shape index (κ1) is 20.1. The Labute approximate surface area is 171 Å². The Hall–Kier alpha value is -2.65. The molecular weight excluding hydrogens is 394 g/mol. The molecule has 0 spiro atoms. The molecule has 0 unspecified atom stereocenters. The highest BCUT2D eigenvalue weighted by Gasteiger charge is 2.14. The number of aryl methyl sites for hydroxylation is 1. The highest BCUT2D eigenvalue weighted by Crippen LogP contribution is 2.25. The SMILES string of the molecule is CCc1ccccc1NC(=O)CNC(=O)CSc1nnc(-c2cccs2)n1C. The van der Waals surface area contributed by atoms with Crippen molar-refractivity contribution >= 4 is 40.6 Å². The van der Waals surface area contributed by atoms with Gasteiger partial charge in [0.1, 0.15) is 0 Å². The van der Waals surface area contributed by atoms with Crippen molar-refractivity contribution in [1.29, 1.82) is 0 Å². The van der Waals surface area contributed by atoms with E-state index in [2.05, 4.69) is 20.8 Å². The number of thiophene rings is 1. The van der Waals surface area contributed by atoms with Gasteiger partial charge < -0.3 is 15.2 Å².